The average molecular weight is 568 g/mol. The first-order chi connectivity index (χ1) is 19.9. The molecule has 41 heavy (non-hydrogen) atoms. The van der Waals surface area contributed by atoms with Gasteiger partial charge in [0, 0.05) is 50.8 Å². The largest absolute Gasteiger partial charge is 0.491 e. The van der Waals surface area contributed by atoms with Gasteiger partial charge in [0.25, 0.3) is 0 Å². The van der Waals surface area contributed by atoms with Crippen LogP contribution in [-0.4, -0.2) is 84.3 Å². The number of aromatic nitrogens is 7. The lowest BCUT2D eigenvalue weighted by Gasteiger charge is -2.36. The Labute approximate surface area is 237 Å². The molecular weight excluding hydrogens is 532 g/mol. The Morgan fingerprint density at radius 2 is 1.88 bits per heavy atom. The van der Waals surface area contributed by atoms with E-state index < -0.39 is 17.2 Å². The Bertz CT molecular complexity index is 1390. The predicted octanol–water partition coefficient (Wildman–Crippen LogP) is 2.67. The van der Waals surface area contributed by atoms with E-state index in [9.17, 15) is 13.9 Å². The molecule has 0 spiro atoms. The van der Waals surface area contributed by atoms with Crippen molar-refractivity contribution in [1.82, 2.24) is 39.9 Å². The van der Waals surface area contributed by atoms with Crippen LogP contribution in [0.2, 0.25) is 0 Å². The van der Waals surface area contributed by atoms with Gasteiger partial charge in [-0.05, 0) is 29.8 Å². The first-order valence-corrected chi connectivity index (χ1v) is 13.9. The number of halogens is 2. The summed E-state index contributed by atoms with van der Waals surface area (Å²) in [6.45, 7) is 6.82. The zero-order valence-corrected chi connectivity index (χ0v) is 23.1. The third kappa shape index (κ3) is 7.22. The summed E-state index contributed by atoms with van der Waals surface area (Å²) < 4.78 is 35.7. The third-order valence-electron chi connectivity index (χ3n) is 7.21. The molecule has 218 valence electrons. The van der Waals surface area contributed by atoms with Gasteiger partial charge in [0.05, 0.1) is 25.4 Å². The van der Waals surface area contributed by atoms with Gasteiger partial charge in [-0.3, -0.25) is 4.90 Å². The molecule has 4 aromatic rings. The van der Waals surface area contributed by atoms with Gasteiger partial charge in [-0.1, -0.05) is 31.5 Å². The van der Waals surface area contributed by atoms with Crippen LogP contribution >= 0.6 is 0 Å². The van der Waals surface area contributed by atoms with Crippen LogP contribution < -0.4 is 9.64 Å². The minimum Gasteiger partial charge on any atom is -0.491 e. The van der Waals surface area contributed by atoms with Gasteiger partial charge < -0.3 is 14.7 Å². The molecule has 0 amide bonds. The topological polar surface area (TPSA) is 110 Å². The molecule has 1 aliphatic rings. The first kappa shape index (κ1) is 28.6. The molecule has 1 atom stereocenters. The van der Waals surface area contributed by atoms with Gasteiger partial charge >= 0.3 is 0 Å². The third-order valence-corrected chi connectivity index (χ3v) is 7.21. The smallest absolute Gasteiger partial charge is 0.176 e. The van der Waals surface area contributed by atoms with Crippen molar-refractivity contribution < 1.29 is 18.6 Å². The van der Waals surface area contributed by atoms with Crippen molar-refractivity contribution in [3.8, 4) is 5.75 Å². The van der Waals surface area contributed by atoms with Crippen molar-refractivity contribution in [2.45, 2.75) is 44.9 Å². The van der Waals surface area contributed by atoms with Crippen molar-refractivity contribution in [1.29, 1.82) is 0 Å². The number of unbranched alkanes of at least 4 members (excludes halogenated alkanes) is 1. The first-order valence-electron chi connectivity index (χ1n) is 13.9. The standard InChI is InChI=1S/C28H35F2N9O2/c1-2-3-16-41-26-7-5-4-6-25(26)37-14-12-36(13-15-37)11-10-27-33-35-39(34-27)19-28(40,18-38-21-31-20-32-38)23-9-8-22(29)17-24(23)30/h4-9,17,20-21,40H,2-3,10-16,18-19H2,1H3. The molecule has 0 radical (unpaired) electrons. The molecule has 1 N–H and O–H groups in total. The molecule has 2 aromatic heterocycles. The summed E-state index contributed by atoms with van der Waals surface area (Å²) in [5.74, 6) is -0.160. The molecule has 11 nitrogen and oxygen atoms in total. The summed E-state index contributed by atoms with van der Waals surface area (Å²) in [5, 5.41) is 28.2. The number of aliphatic hydroxyl groups is 1. The van der Waals surface area contributed by atoms with E-state index in [1.165, 1.54) is 28.2 Å². The van der Waals surface area contributed by atoms with Crippen LogP contribution in [0.15, 0.2) is 55.1 Å². The molecule has 1 fully saturated rings. The Morgan fingerprint density at radius 3 is 2.63 bits per heavy atom. The maximum absolute atomic E-state index is 14.7. The number of anilines is 1. The maximum atomic E-state index is 14.7. The lowest BCUT2D eigenvalue weighted by Crippen LogP contribution is -2.47. The van der Waals surface area contributed by atoms with Crippen molar-refractivity contribution in [2.75, 3.05) is 44.2 Å². The second-order valence-corrected chi connectivity index (χ2v) is 10.2. The summed E-state index contributed by atoms with van der Waals surface area (Å²) in [7, 11) is 0. The number of para-hydroxylation sites is 2. The van der Waals surface area contributed by atoms with Gasteiger partial charge in [0.15, 0.2) is 5.82 Å². The molecule has 13 heteroatoms. The van der Waals surface area contributed by atoms with Crippen LogP contribution in [0.1, 0.15) is 31.2 Å². The number of rotatable bonds is 13. The van der Waals surface area contributed by atoms with Crippen molar-refractivity contribution in [3.05, 3.63) is 78.1 Å². The molecule has 1 unspecified atom stereocenters. The van der Waals surface area contributed by atoms with Crippen LogP contribution in [-0.2, 0) is 25.1 Å². The van der Waals surface area contributed by atoms with Crippen LogP contribution in [0.4, 0.5) is 14.5 Å². The number of hydrogen-bond acceptors (Lipinski definition) is 9. The van der Waals surface area contributed by atoms with Crippen molar-refractivity contribution in [3.63, 3.8) is 0 Å². The molecule has 0 saturated carbocycles. The number of hydrogen-bond donors (Lipinski definition) is 1. The fraction of sp³-hybridized carbons (Fsp3) is 0.464. The fourth-order valence-electron chi connectivity index (χ4n) is 4.98. The van der Waals surface area contributed by atoms with Crippen LogP contribution in [0.25, 0.3) is 0 Å². The molecule has 2 aromatic carbocycles. The SMILES string of the molecule is CCCCOc1ccccc1N1CCN(CCc2nnn(CC(O)(Cn3cncn3)c3ccc(F)cc3F)n2)CC1. The Kier molecular flexibility index (Phi) is 9.14. The number of piperazine rings is 1. The monoisotopic (exact) mass is 567 g/mol. The van der Waals surface area contributed by atoms with Crippen LogP contribution in [0.3, 0.4) is 0 Å². The van der Waals surface area contributed by atoms with E-state index in [2.05, 4.69) is 48.3 Å². The highest BCUT2D eigenvalue weighted by molar-refractivity contribution is 5.58. The van der Waals surface area contributed by atoms with Gasteiger partial charge in [-0.15, -0.1) is 10.2 Å². The average Bonchev–Trinajstić information content (AvgIpc) is 3.64. The highest BCUT2D eigenvalue weighted by Gasteiger charge is 2.35. The normalized spacial score (nSPS) is 15.7. The predicted molar refractivity (Wildman–Crippen MR) is 147 cm³/mol. The van der Waals surface area contributed by atoms with E-state index in [0.29, 0.717) is 12.2 Å². The highest BCUT2D eigenvalue weighted by Crippen LogP contribution is 2.30. The van der Waals surface area contributed by atoms with Gasteiger partial charge in [0.1, 0.15) is 35.6 Å². The summed E-state index contributed by atoms with van der Waals surface area (Å²) >= 11 is 0. The second-order valence-electron chi connectivity index (χ2n) is 10.2. The molecule has 0 aliphatic carbocycles. The zero-order chi connectivity index (χ0) is 28.7. The number of tetrazole rings is 1. The van der Waals surface area contributed by atoms with E-state index in [1.807, 2.05) is 18.2 Å². The van der Waals surface area contributed by atoms with E-state index in [4.69, 9.17) is 4.74 Å². The molecule has 5 rings (SSSR count). The zero-order valence-electron chi connectivity index (χ0n) is 23.1. The summed E-state index contributed by atoms with van der Waals surface area (Å²) in [5.41, 5.74) is -0.789. The number of benzene rings is 2. The Balaban J connectivity index is 1.18. The second kappa shape index (κ2) is 13.1. The Morgan fingerprint density at radius 1 is 1.05 bits per heavy atom. The molecule has 1 saturated heterocycles. The maximum Gasteiger partial charge on any atom is 0.176 e. The van der Waals surface area contributed by atoms with Crippen LogP contribution in [0, 0.1) is 11.6 Å². The van der Waals surface area contributed by atoms with E-state index in [-0.39, 0.29) is 18.7 Å². The van der Waals surface area contributed by atoms with Gasteiger partial charge in [-0.25, -0.2) is 18.4 Å². The summed E-state index contributed by atoms with van der Waals surface area (Å²) in [6, 6.07) is 11.2. The summed E-state index contributed by atoms with van der Waals surface area (Å²) in [6.07, 6.45) is 5.42. The van der Waals surface area contributed by atoms with Gasteiger partial charge in [0.2, 0.25) is 0 Å². The lowest BCUT2D eigenvalue weighted by atomic mass is 9.93. The van der Waals surface area contributed by atoms with Crippen molar-refractivity contribution >= 4 is 5.69 Å². The highest BCUT2D eigenvalue weighted by atomic mass is 19.1. The molecule has 3 heterocycles. The Hall–Kier alpha value is -3.97. The van der Waals surface area contributed by atoms with E-state index in [0.717, 1.165) is 75.7 Å². The lowest BCUT2D eigenvalue weighted by molar-refractivity contribution is -0.0125. The van der Waals surface area contributed by atoms with Crippen molar-refractivity contribution in [2.24, 2.45) is 0 Å². The van der Waals surface area contributed by atoms with E-state index in [1.54, 1.807) is 0 Å². The molecular formula is C28H35F2N9O2. The number of ether oxygens (including phenoxy) is 1. The molecule has 0 bridgehead atoms. The minimum atomic E-state index is -1.82. The quantitative estimate of drug-likeness (QED) is 0.244. The minimum absolute atomic E-state index is 0.0940. The van der Waals surface area contributed by atoms with E-state index >= 15 is 0 Å². The van der Waals surface area contributed by atoms with Crippen LogP contribution in [0.5, 0.6) is 5.75 Å². The number of nitrogens with zero attached hydrogens (tertiary/aromatic N) is 9. The van der Waals surface area contributed by atoms with Gasteiger partial charge in [-0.2, -0.15) is 9.90 Å². The summed E-state index contributed by atoms with van der Waals surface area (Å²) in [4.78, 5) is 9.83. The fourth-order valence-corrected chi connectivity index (χ4v) is 4.98. The molecule has 1 aliphatic heterocycles.